The van der Waals surface area contributed by atoms with Crippen molar-refractivity contribution in [3.8, 4) is 5.75 Å². The normalized spacial score (nSPS) is 11.1. The van der Waals surface area contributed by atoms with Crippen molar-refractivity contribution in [2.24, 2.45) is 0 Å². The van der Waals surface area contributed by atoms with Crippen LogP contribution in [-0.2, 0) is 14.8 Å². The molecule has 0 radical (unpaired) electrons. The van der Waals surface area contributed by atoms with Gasteiger partial charge in [0.15, 0.2) is 0 Å². The number of rotatable bonds is 7. The lowest BCUT2D eigenvalue weighted by atomic mass is 10.3. The van der Waals surface area contributed by atoms with E-state index in [9.17, 15) is 13.2 Å². The summed E-state index contributed by atoms with van der Waals surface area (Å²) in [5.74, 6) is 0.198. The number of ether oxygens (including phenoxy) is 1. The molecule has 1 amide bonds. The molecule has 24 heavy (non-hydrogen) atoms. The number of hydrogen-bond acceptors (Lipinski definition) is 4. The standard InChI is InChI=1S/C16H17ClN2O4S/c1-23-14-8-4-3-7-13(14)19-16(20)10-11-18-24(21,22)15-9-5-2-6-12(15)17/h2-9,18H,10-11H2,1H3,(H,19,20). The molecule has 128 valence electrons. The first-order valence-electron chi connectivity index (χ1n) is 7.11. The summed E-state index contributed by atoms with van der Waals surface area (Å²) in [7, 11) is -2.26. The summed E-state index contributed by atoms with van der Waals surface area (Å²) in [5.41, 5.74) is 0.527. The average Bonchev–Trinajstić information content (AvgIpc) is 2.55. The maximum absolute atomic E-state index is 12.1. The van der Waals surface area contributed by atoms with Crippen molar-refractivity contribution in [3.05, 3.63) is 53.6 Å². The highest BCUT2D eigenvalue weighted by atomic mass is 35.5. The number of benzene rings is 2. The number of carbonyl (C=O) groups excluding carboxylic acids is 1. The van der Waals surface area contributed by atoms with Crippen LogP contribution >= 0.6 is 11.6 Å². The van der Waals surface area contributed by atoms with Crippen LogP contribution in [0.5, 0.6) is 5.75 Å². The predicted octanol–water partition coefficient (Wildman–Crippen LogP) is 2.66. The van der Waals surface area contributed by atoms with E-state index in [2.05, 4.69) is 10.0 Å². The van der Waals surface area contributed by atoms with Crippen LogP contribution in [0.1, 0.15) is 6.42 Å². The summed E-state index contributed by atoms with van der Waals surface area (Å²) in [5, 5.41) is 2.80. The van der Waals surface area contributed by atoms with Crippen LogP contribution in [0.4, 0.5) is 5.69 Å². The lowest BCUT2D eigenvalue weighted by molar-refractivity contribution is -0.116. The van der Waals surface area contributed by atoms with Crippen LogP contribution < -0.4 is 14.8 Å². The molecule has 6 nitrogen and oxygen atoms in total. The molecule has 0 fully saturated rings. The minimum Gasteiger partial charge on any atom is -0.495 e. The Labute approximate surface area is 145 Å². The van der Waals surface area contributed by atoms with Crippen molar-refractivity contribution in [1.82, 2.24) is 4.72 Å². The van der Waals surface area contributed by atoms with Gasteiger partial charge in [-0.05, 0) is 24.3 Å². The topological polar surface area (TPSA) is 84.5 Å². The Bertz CT molecular complexity index is 824. The number of anilines is 1. The molecule has 0 aliphatic carbocycles. The maximum atomic E-state index is 12.1. The summed E-state index contributed by atoms with van der Waals surface area (Å²) in [6.45, 7) is -0.0471. The van der Waals surface area contributed by atoms with Crippen molar-refractivity contribution >= 4 is 33.2 Å². The summed E-state index contributed by atoms with van der Waals surface area (Å²) < 4.78 is 31.8. The first kappa shape index (κ1) is 18.3. The van der Waals surface area contributed by atoms with Gasteiger partial charge in [-0.1, -0.05) is 35.9 Å². The molecule has 0 aliphatic heterocycles. The molecule has 0 unspecified atom stereocenters. The largest absolute Gasteiger partial charge is 0.495 e. The van der Waals surface area contributed by atoms with Gasteiger partial charge < -0.3 is 10.1 Å². The molecule has 0 aromatic heterocycles. The number of para-hydroxylation sites is 2. The van der Waals surface area contributed by atoms with E-state index >= 15 is 0 Å². The van der Waals surface area contributed by atoms with Gasteiger partial charge >= 0.3 is 0 Å². The number of halogens is 1. The van der Waals surface area contributed by atoms with E-state index in [1.807, 2.05) is 0 Å². The van der Waals surface area contributed by atoms with Gasteiger partial charge in [0, 0.05) is 13.0 Å². The number of amides is 1. The Morgan fingerprint density at radius 1 is 1.12 bits per heavy atom. The van der Waals surface area contributed by atoms with Crippen molar-refractivity contribution in [2.75, 3.05) is 19.0 Å². The van der Waals surface area contributed by atoms with E-state index in [4.69, 9.17) is 16.3 Å². The average molecular weight is 369 g/mol. The van der Waals surface area contributed by atoms with Crippen molar-refractivity contribution in [3.63, 3.8) is 0 Å². The van der Waals surface area contributed by atoms with Crippen LogP contribution in [-0.4, -0.2) is 28.0 Å². The molecule has 2 N–H and O–H groups in total. The van der Waals surface area contributed by atoms with Crippen LogP contribution in [0.3, 0.4) is 0 Å². The molecular formula is C16H17ClN2O4S. The Morgan fingerprint density at radius 3 is 2.50 bits per heavy atom. The van der Waals surface area contributed by atoms with Gasteiger partial charge in [0.1, 0.15) is 10.6 Å². The predicted molar refractivity (Wildman–Crippen MR) is 92.9 cm³/mol. The second-order valence-corrected chi connectivity index (χ2v) is 6.97. The van der Waals surface area contributed by atoms with Crippen molar-refractivity contribution in [1.29, 1.82) is 0 Å². The number of sulfonamides is 1. The Balaban J connectivity index is 1.92. The lowest BCUT2D eigenvalue weighted by Crippen LogP contribution is -2.28. The zero-order valence-electron chi connectivity index (χ0n) is 13.0. The smallest absolute Gasteiger partial charge is 0.242 e. The molecule has 0 aliphatic rings. The van der Waals surface area contributed by atoms with E-state index < -0.39 is 10.0 Å². The van der Waals surface area contributed by atoms with Crippen molar-refractivity contribution < 1.29 is 17.9 Å². The molecular weight excluding hydrogens is 352 g/mol. The molecule has 0 saturated carbocycles. The van der Waals surface area contributed by atoms with Gasteiger partial charge in [0.2, 0.25) is 15.9 Å². The summed E-state index contributed by atoms with van der Waals surface area (Å²) in [6, 6.07) is 13.1. The van der Waals surface area contributed by atoms with Crippen molar-refractivity contribution in [2.45, 2.75) is 11.3 Å². The van der Waals surface area contributed by atoms with Gasteiger partial charge in [0.05, 0.1) is 17.8 Å². The minimum absolute atomic E-state index is 0.0168. The van der Waals surface area contributed by atoms with E-state index in [1.165, 1.54) is 19.2 Å². The number of hydrogen-bond donors (Lipinski definition) is 2. The monoisotopic (exact) mass is 368 g/mol. The maximum Gasteiger partial charge on any atom is 0.242 e. The Hall–Kier alpha value is -2.09. The second kappa shape index (κ2) is 8.14. The molecule has 2 rings (SSSR count). The molecule has 8 heteroatoms. The first-order chi connectivity index (χ1) is 11.4. The third-order valence-corrected chi connectivity index (χ3v) is 5.11. The number of carbonyl (C=O) groups is 1. The third kappa shape index (κ3) is 4.70. The molecule has 0 spiro atoms. The highest BCUT2D eigenvalue weighted by Gasteiger charge is 2.17. The van der Waals surface area contributed by atoms with E-state index in [0.29, 0.717) is 11.4 Å². The fourth-order valence-electron chi connectivity index (χ4n) is 2.00. The zero-order chi connectivity index (χ0) is 17.6. The van der Waals surface area contributed by atoms with Crippen LogP contribution in [0.25, 0.3) is 0 Å². The van der Waals surface area contributed by atoms with Gasteiger partial charge in [-0.15, -0.1) is 0 Å². The van der Waals surface area contributed by atoms with E-state index in [0.717, 1.165) is 0 Å². The fourth-order valence-corrected chi connectivity index (χ4v) is 3.55. The van der Waals surface area contributed by atoms with Gasteiger partial charge in [-0.25, -0.2) is 13.1 Å². The fraction of sp³-hybridized carbons (Fsp3) is 0.188. The zero-order valence-corrected chi connectivity index (χ0v) is 14.5. The molecule has 2 aromatic carbocycles. The number of nitrogens with one attached hydrogen (secondary N) is 2. The van der Waals surface area contributed by atoms with Gasteiger partial charge in [-0.3, -0.25) is 4.79 Å². The van der Waals surface area contributed by atoms with Crippen LogP contribution in [0.15, 0.2) is 53.4 Å². The van der Waals surface area contributed by atoms with Crippen LogP contribution in [0, 0.1) is 0 Å². The number of methoxy groups -OCH3 is 1. The molecule has 0 atom stereocenters. The molecule has 0 heterocycles. The summed E-state index contributed by atoms with van der Waals surface area (Å²) in [6.07, 6.45) is -0.0261. The minimum atomic E-state index is -3.76. The third-order valence-electron chi connectivity index (χ3n) is 3.15. The first-order valence-corrected chi connectivity index (χ1v) is 8.97. The van der Waals surface area contributed by atoms with Crippen LogP contribution in [0.2, 0.25) is 5.02 Å². The molecule has 2 aromatic rings. The SMILES string of the molecule is COc1ccccc1NC(=O)CCNS(=O)(=O)c1ccccc1Cl. The van der Waals surface area contributed by atoms with E-state index in [-0.39, 0.29) is 28.8 Å². The highest BCUT2D eigenvalue weighted by Crippen LogP contribution is 2.23. The summed E-state index contributed by atoms with van der Waals surface area (Å²) in [4.78, 5) is 11.9. The van der Waals surface area contributed by atoms with E-state index in [1.54, 1.807) is 36.4 Å². The summed E-state index contributed by atoms with van der Waals surface area (Å²) >= 11 is 5.88. The Morgan fingerprint density at radius 2 is 1.79 bits per heavy atom. The second-order valence-electron chi connectivity index (χ2n) is 4.83. The highest BCUT2D eigenvalue weighted by molar-refractivity contribution is 7.89. The lowest BCUT2D eigenvalue weighted by Gasteiger charge is -2.10. The van der Waals surface area contributed by atoms with Gasteiger partial charge in [-0.2, -0.15) is 0 Å². The quantitative estimate of drug-likeness (QED) is 0.786. The Kier molecular flexibility index (Phi) is 6.19. The van der Waals surface area contributed by atoms with Gasteiger partial charge in [0.25, 0.3) is 0 Å². The molecule has 0 bridgehead atoms. The molecule has 0 saturated heterocycles.